The second-order valence-electron chi connectivity index (χ2n) is 8.58. The van der Waals surface area contributed by atoms with Gasteiger partial charge in [0, 0.05) is 31.2 Å². The zero-order valence-corrected chi connectivity index (χ0v) is 20.5. The topological polar surface area (TPSA) is 117 Å². The number of aliphatic hydroxyl groups excluding tert-OH is 1. The van der Waals surface area contributed by atoms with Crippen molar-refractivity contribution in [3.63, 3.8) is 0 Å². The van der Waals surface area contributed by atoms with Gasteiger partial charge in [-0.15, -0.1) is 0 Å². The highest BCUT2D eigenvalue weighted by atomic mass is 35.5. The standard InChI is InChI=1S/C26H27ClN2O7/c1-35-26(34)17-5-3-16(4-6-17)22-21(23(31)19-15-18(27)7-8-20(19)30)24(32)25(33)29(22)10-2-9-28-11-13-36-14-12-28/h3-8,15,22,30-31H,2,9-14H2,1H3/t22-/m1/s1. The third kappa shape index (κ3) is 5.23. The number of amides is 1. The third-order valence-corrected chi connectivity index (χ3v) is 6.61. The molecule has 1 amide bonds. The summed E-state index contributed by atoms with van der Waals surface area (Å²) in [6.45, 7) is 3.88. The van der Waals surface area contributed by atoms with Crippen molar-refractivity contribution < 1.29 is 34.1 Å². The van der Waals surface area contributed by atoms with E-state index in [1.165, 1.54) is 42.3 Å². The number of esters is 1. The van der Waals surface area contributed by atoms with Crippen molar-refractivity contribution in [2.24, 2.45) is 0 Å². The van der Waals surface area contributed by atoms with Gasteiger partial charge in [-0.1, -0.05) is 23.7 Å². The van der Waals surface area contributed by atoms with Crippen molar-refractivity contribution in [3.8, 4) is 5.75 Å². The summed E-state index contributed by atoms with van der Waals surface area (Å²) in [7, 11) is 1.27. The number of rotatable bonds is 7. The van der Waals surface area contributed by atoms with Crippen LogP contribution in [0.1, 0.15) is 33.9 Å². The van der Waals surface area contributed by atoms with Crippen molar-refractivity contribution in [1.82, 2.24) is 9.80 Å². The Morgan fingerprint density at radius 3 is 2.47 bits per heavy atom. The molecule has 4 rings (SSSR count). The molecule has 2 aromatic carbocycles. The minimum Gasteiger partial charge on any atom is -0.507 e. The van der Waals surface area contributed by atoms with Crippen molar-refractivity contribution in [2.75, 3.05) is 46.5 Å². The van der Waals surface area contributed by atoms with Crippen LogP contribution in [0.5, 0.6) is 5.75 Å². The summed E-state index contributed by atoms with van der Waals surface area (Å²) >= 11 is 6.05. The smallest absolute Gasteiger partial charge is 0.337 e. The Kier molecular flexibility index (Phi) is 7.93. The molecule has 0 bridgehead atoms. The Balaban J connectivity index is 1.72. The van der Waals surface area contributed by atoms with E-state index in [1.54, 1.807) is 12.1 Å². The summed E-state index contributed by atoms with van der Waals surface area (Å²) in [5, 5.41) is 21.7. The molecule has 0 aromatic heterocycles. The molecule has 2 aliphatic rings. The number of carbonyl (C=O) groups excluding carboxylic acids is 3. The van der Waals surface area contributed by atoms with Gasteiger partial charge < -0.3 is 24.6 Å². The first-order valence-electron chi connectivity index (χ1n) is 11.6. The van der Waals surface area contributed by atoms with E-state index >= 15 is 0 Å². The van der Waals surface area contributed by atoms with E-state index in [2.05, 4.69) is 4.90 Å². The van der Waals surface area contributed by atoms with Crippen LogP contribution >= 0.6 is 11.6 Å². The normalized spacial score (nSPS) is 20.1. The number of aliphatic hydroxyl groups is 1. The number of morpholine rings is 1. The highest BCUT2D eigenvalue weighted by Crippen LogP contribution is 2.41. The predicted molar refractivity (Wildman–Crippen MR) is 132 cm³/mol. The Morgan fingerprint density at radius 1 is 1.11 bits per heavy atom. The maximum absolute atomic E-state index is 13.2. The monoisotopic (exact) mass is 514 g/mol. The van der Waals surface area contributed by atoms with E-state index in [0.717, 1.165) is 19.6 Å². The lowest BCUT2D eigenvalue weighted by molar-refractivity contribution is -0.140. The molecule has 36 heavy (non-hydrogen) atoms. The Morgan fingerprint density at radius 2 is 1.81 bits per heavy atom. The number of Topliss-reactive ketones (excluding diaryl/α,β-unsaturated/α-hetero) is 1. The first-order valence-corrected chi connectivity index (χ1v) is 11.9. The molecule has 0 aliphatic carbocycles. The van der Waals surface area contributed by atoms with E-state index in [1.807, 2.05) is 0 Å². The van der Waals surface area contributed by atoms with Crippen LogP contribution < -0.4 is 0 Å². The van der Waals surface area contributed by atoms with Crippen LogP contribution in [0.25, 0.3) is 5.76 Å². The van der Waals surface area contributed by atoms with E-state index in [9.17, 15) is 24.6 Å². The van der Waals surface area contributed by atoms with Gasteiger partial charge in [-0.25, -0.2) is 4.79 Å². The van der Waals surface area contributed by atoms with Gasteiger partial charge in [0.15, 0.2) is 0 Å². The lowest BCUT2D eigenvalue weighted by Crippen LogP contribution is -2.39. The SMILES string of the molecule is COC(=O)c1ccc([C@@H]2C(=C(O)c3cc(Cl)ccc3O)C(=O)C(=O)N2CCCN2CCOCC2)cc1. The van der Waals surface area contributed by atoms with Crippen LogP contribution in [-0.2, 0) is 19.1 Å². The fourth-order valence-electron chi connectivity index (χ4n) is 4.51. The molecule has 2 fully saturated rings. The summed E-state index contributed by atoms with van der Waals surface area (Å²) < 4.78 is 10.1. The van der Waals surface area contributed by atoms with E-state index in [-0.39, 0.29) is 28.5 Å². The van der Waals surface area contributed by atoms with Gasteiger partial charge in [-0.05, 0) is 42.3 Å². The number of likely N-dealkylation sites (tertiary alicyclic amines) is 1. The number of aromatic hydroxyl groups is 1. The van der Waals surface area contributed by atoms with Gasteiger partial charge in [0.25, 0.3) is 11.7 Å². The highest BCUT2D eigenvalue weighted by molar-refractivity contribution is 6.46. The molecule has 2 aliphatic heterocycles. The molecule has 9 nitrogen and oxygen atoms in total. The van der Waals surface area contributed by atoms with Gasteiger partial charge in [0.05, 0.1) is 43.1 Å². The number of methoxy groups -OCH3 is 1. The van der Waals surface area contributed by atoms with Crippen LogP contribution in [-0.4, -0.2) is 84.2 Å². The third-order valence-electron chi connectivity index (χ3n) is 6.38. The van der Waals surface area contributed by atoms with Crippen molar-refractivity contribution in [3.05, 3.63) is 69.8 Å². The Bertz CT molecular complexity index is 1190. The average Bonchev–Trinajstić information content (AvgIpc) is 3.15. The van der Waals surface area contributed by atoms with Crippen LogP contribution in [0.2, 0.25) is 5.02 Å². The summed E-state index contributed by atoms with van der Waals surface area (Å²) in [6, 6.07) is 9.45. The molecule has 190 valence electrons. The fraction of sp³-hybridized carbons (Fsp3) is 0.346. The zero-order chi connectivity index (χ0) is 25.8. The van der Waals surface area contributed by atoms with Crippen LogP contribution in [0, 0.1) is 0 Å². The van der Waals surface area contributed by atoms with Gasteiger partial charge in [0.2, 0.25) is 0 Å². The molecule has 0 unspecified atom stereocenters. The van der Waals surface area contributed by atoms with E-state index in [4.69, 9.17) is 21.1 Å². The lowest BCUT2D eigenvalue weighted by atomic mass is 9.94. The molecule has 10 heteroatoms. The Labute approximate surface area is 213 Å². The maximum atomic E-state index is 13.2. The number of phenolic OH excluding ortho intramolecular Hbond substituents is 1. The van der Waals surface area contributed by atoms with E-state index in [0.29, 0.717) is 30.8 Å². The van der Waals surface area contributed by atoms with Gasteiger partial charge in [-0.2, -0.15) is 0 Å². The first kappa shape index (κ1) is 25.7. The maximum Gasteiger partial charge on any atom is 0.337 e. The predicted octanol–water partition coefficient (Wildman–Crippen LogP) is 2.98. The molecule has 2 heterocycles. The number of carbonyl (C=O) groups is 3. The minimum absolute atomic E-state index is 0.0509. The van der Waals surface area contributed by atoms with Gasteiger partial charge in [-0.3, -0.25) is 14.5 Å². The number of benzene rings is 2. The summed E-state index contributed by atoms with van der Waals surface area (Å²) in [5.74, 6) is -2.94. The minimum atomic E-state index is -0.917. The number of nitrogens with zero attached hydrogens (tertiary/aromatic N) is 2. The quantitative estimate of drug-likeness (QED) is 0.251. The molecular weight excluding hydrogens is 488 g/mol. The molecule has 1 atom stereocenters. The average molecular weight is 515 g/mol. The van der Waals surface area contributed by atoms with Crippen molar-refractivity contribution in [2.45, 2.75) is 12.5 Å². The number of ether oxygens (including phenoxy) is 2. The molecule has 2 aromatic rings. The summed E-state index contributed by atoms with van der Waals surface area (Å²) in [5.41, 5.74) is 0.619. The van der Waals surface area contributed by atoms with Gasteiger partial charge in [0.1, 0.15) is 11.5 Å². The lowest BCUT2D eigenvalue weighted by Gasteiger charge is -2.29. The number of ketones is 1. The largest absolute Gasteiger partial charge is 0.507 e. The zero-order valence-electron chi connectivity index (χ0n) is 19.8. The number of phenols is 1. The van der Waals surface area contributed by atoms with Crippen LogP contribution in [0.3, 0.4) is 0 Å². The molecule has 0 spiro atoms. The highest BCUT2D eigenvalue weighted by Gasteiger charge is 2.46. The second kappa shape index (κ2) is 11.1. The number of halogens is 1. The first-order chi connectivity index (χ1) is 17.3. The molecule has 0 radical (unpaired) electrons. The van der Waals surface area contributed by atoms with Crippen molar-refractivity contribution >= 4 is 35.0 Å². The van der Waals surface area contributed by atoms with E-state index < -0.39 is 29.5 Å². The fourth-order valence-corrected chi connectivity index (χ4v) is 4.68. The number of hydrogen-bond donors (Lipinski definition) is 2. The second-order valence-corrected chi connectivity index (χ2v) is 9.01. The molecule has 0 saturated carbocycles. The summed E-state index contributed by atoms with van der Waals surface area (Å²) in [4.78, 5) is 41.8. The molecule has 2 N–H and O–H groups in total. The van der Waals surface area contributed by atoms with Crippen LogP contribution in [0.4, 0.5) is 0 Å². The van der Waals surface area contributed by atoms with Gasteiger partial charge >= 0.3 is 5.97 Å². The Hall–Kier alpha value is -3.40. The number of hydrogen-bond acceptors (Lipinski definition) is 8. The van der Waals surface area contributed by atoms with Crippen LogP contribution in [0.15, 0.2) is 48.0 Å². The summed E-state index contributed by atoms with van der Waals surface area (Å²) in [6.07, 6.45) is 0.603. The van der Waals surface area contributed by atoms with Crippen molar-refractivity contribution in [1.29, 1.82) is 0 Å². The molecular formula is C26H27ClN2O7. The molecule has 2 saturated heterocycles.